The van der Waals surface area contributed by atoms with Crippen molar-refractivity contribution in [3.05, 3.63) is 54.4 Å². The number of carbonyl (C=O) groups excluding carboxylic acids is 1. The van der Waals surface area contributed by atoms with Gasteiger partial charge in [-0.1, -0.05) is 18.2 Å². The first-order valence-corrected chi connectivity index (χ1v) is 13.4. The van der Waals surface area contributed by atoms with Crippen molar-refractivity contribution in [3.8, 4) is 11.3 Å². The number of anilines is 1. The molecular weight excluding hydrogens is 490 g/mol. The van der Waals surface area contributed by atoms with Crippen LogP contribution in [-0.4, -0.2) is 67.6 Å². The van der Waals surface area contributed by atoms with Crippen LogP contribution in [0.25, 0.3) is 22.0 Å². The van der Waals surface area contributed by atoms with Crippen LogP contribution in [0, 0.1) is 0 Å². The number of amides is 1. The summed E-state index contributed by atoms with van der Waals surface area (Å²) in [7, 11) is -4.52. The fourth-order valence-electron chi connectivity index (χ4n) is 4.22. The number of alkyl halides is 2. The van der Waals surface area contributed by atoms with Crippen molar-refractivity contribution >= 4 is 32.3 Å². The fraction of sp³-hybridized carbons (Fsp3) is 0.400. The highest BCUT2D eigenvalue weighted by Crippen LogP contribution is 2.26. The maximum absolute atomic E-state index is 12.4. The first-order valence-electron chi connectivity index (χ1n) is 11.6. The summed E-state index contributed by atoms with van der Waals surface area (Å²) in [5.41, 5.74) is 2.21. The van der Waals surface area contributed by atoms with Crippen LogP contribution in [0.1, 0.15) is 19.5 Å². The summed E-state index contributed by atoms with van der Waals surface area (Å²) < 4.78 is 53.0. The number of fused-ring (bicyclic) bond motifs is 1. The number of halogens is 2. The number of ether oxygens (including phenoxy) is 1. The van der Waals surface area contributed by atoms with E-state index in [2.05, 4.69) is 15.2 Å². The number of carbonyl (C=O) groups is 1. The number of hydrogen-bond acceptors (Lipinski definition) is 7. The SMILES string of the molecule is C[C@@H]1CN(c2cccc(-c3ccc4cnc(CC(=O)NCCS(=O)(=O)C(F)F)cc4c3)n2)C[C@H](C)O1. The highest BCUT2D eigenvalue weighted by atomic mass is 32.2. The predicted octanol–water partition coefficient (Wildman–Crippen LogP) is 3.21. The molecule has 2 aromatic heterocycles. The monoisotopic (exact) mass is 518 g/mol. The van der Waals surface area contributed by atoms with Gasteiger partial charge < -0.3 is 15.0 Å². The molecule has 0 spiro atoms. The van der Waals surface area contributed by atoms with Crippen LogP contribution in [0.15, 0.2) is 48.7 Å². The molecule has 11 heteroatoms. The molecule has 1 fully saturated rings. The number of hydrogen-bond donors (Lipinski definition) is 1. The van der Waals surface area contributed by atoms with E-state index in [9.17, 15) is 22.0 Å². The van der Waals surface area contributed by atoms with Gasteiger partial charge >= 0.3 is 5.76 Å². The molecule has 1 aromatic carbocycles. The van der Waals surface area contributed by atoms with Gasteiger partial charge in [-0.15, -0.1) is 0 Å². The Morgan fingerprint density at radius 2 is 1.89 bits per heavy atom. The maximum atomic E-state index is 12.4. The number of sulfone groups is 1. The van der Waals surface area contributed by atoms with Crippen LogP contribution >= 0.6 is 0 Å². The lowest BCUT2D eigenvalue weighted by Crippen LogP contribution is -2.45. The van der Waals surface area contributed by atoms with Gasteiger partial charge in [0.2, 0.25) is 15.7 Å². The number of nitrogens with zero attached hydrogens (tertiary/aromatic N) is 3. The zero-order chi connectivity index (χ0) is 25.9. The first kappa shape index (κ1) is 25.9. The second kappa shape index (κ2) is 10.8. The zero-order valence-corrected chi connectivity index (χ0v) is 20.8. The van der Waals surface area contributed by atoms with Crippen molar-refractivity contribution in [2.24, 2.45) is 0 Å². The number of rotatable bonds is 8. The lowest BCUT2D eigenvalue weighted by Gasteiger charge is -2.36. The van der Waals surface area contributed by atoms with Crippen molar-refractivity contribution in [1.82, 2.24) is 15.3 Å². The van der Waals surface area contributed by atoms with Crippen LogP contribution < -0.4 is 10.2 Å². The Labute approximate surface area is 208 Å². The Hall–Kier alpha value is -3.18. The Morgan fingerprint density at radius 1 is 1.14 bits per heavy atom. The molecule has 36 heavy (non-hydrogen) atoms. The van der Waals surface area contributed by atoms with E-state index in [1.54, 1.807) is 12.3 Å². The summed E-state index contributed by atoms with van der Waals surface area (Å²) in [6.07, 6.45) is 1.80. The molecule has 1 aliphatic heterocycles. The average molecular weight is 519 g/mol. The molecule has 1 aliphatic rings. The van der Waals surface area contributed by atoms with E-state index in [1.807, 2.05) is 50.2 Å². The summed E-state index contributed by atoms with van der Waals surface area (Å²) in [4.78, 5) is 23.5. The van der Waals surface area contributed by atoms with Crippen molar-refractivity contribution in [3.63, 3.8) is 0 Å². The quantitative estimate of drug-likeness (QED) is 0.489. The minimum Gasteiger partial charge on any atom is -0.372 e. The molecule has 4 rings (SSSR count). The average Bonchev–Trinajstić information content (AvgIpc) is 2.83. The molecule has 0 aliphatic carbocycles. The van der Waals surface area contributed by atoms with Crippen molar-refractivity contribution < 1.29 is 26.7 Å². The van der Waals surface area contributed by atoms with E-state index < -0.39 is 27.3 Å². The minimum atomic E-state index is -4.52. The van der Waals surface area contributed by atoms with Gasteiger partial charge in [-0.25, -0.2) is 13.4 Å². The van der Waals surface area contributed by atoms with Crippen LogP contribution in [0.2, 0.25) is 0 Å². The van der Waals surface area contributed by atoms with Gasteiger partial charge in [0.25, 0.3) is 0 Å². The second-order valence-corrected chi connectivity index (χ2v) is 11.0. The Balaban J connectivity index is 1.47. The first-order chi connectivity index (χ1) is 17.1. The van der Waals surface area contributed by atoms with E-state index >= 15 is 0 Å². The predicted molar refractivity (Wildman–Crippen MR) is 134 cm³/mol. The molecule has 3 aromatic rings. The number of aromatic nitrogens is 2. The summed E-state index contributed by atoms with van der Waals surface area (Å²) in [5.74, 6) is -3.89. The standard InChI is InChI=1S/C25H28F2N4O4S/c1-16-14-31(15-17(2)35-16)23-5-3-4-22(30-23)18-6-7-19-13-29-21(11-20(19)10-18)12-24(32)28-8-9-36(33,34)25(26)27/h3-7,10-11,13,16-17,25H,8-9,12,14-15H2,1-2H3,(H,28,32)/t16-,17+. The molecule has 0 bridgehead atoms. The molecule has 192 valence electrons. The largest absolute Gasteiger partial charge is 0.372 e. The lowest BCUT2D eigenvalue weighted by atomic mass is 10.0. The highest BCUT2D eigenvalue weighted by Gasteiger charge is 2.24. The van der Waals surface area contributed by atoms with E-state index in [0.29, 0.717) is 5.69 Å². The summed E-state index contributed by atoms with van der Waals surface area (Å²) in [6.45, 7) is 5.25. The van der Waals surface area contributed by atoms with Crippen molar-refractivity contribution in [2.45, 2.75) is 38.2 Å². The number of nitrogens with one attached hydrogen (secondary N) is 1. The van der Waals surface area contributed by atoms with Gasteiger partial charge in [-0.3, -0.25) is 9.78 Å². The van der Waals surface area contributed by atoms with Crippen molar-refractivity contribution in [2.75, 3.05) is 30.3 Å². The number of morpholine rings is 1. The van der Waals surface area contributed by atoms with E-state index in [4.69, 9.17) is 9.72 Å². The van der Waals surface area contributed by atoms with Gasteiger partial charge in [-0.05, 0) is 43.5 Å². The van der Waals surface area contributed by atoms with Crippen LogP contribution in [-0.2, 0) is 25.8 Å². The zero-order valence-electron chi connectivity index (χ0n) is 20.0. The summed E-state index contributed by atoms with van der Waals surface area (Å²) in [5, 5.41) is 4.11. The summed E-state index contributed by atoms with van der Waals surface area (Å²) >= 11 is 0. The molecular formula is C25H28F2N4O4S. The van der Waals surface area contributed by atoms with Gasteiger partial charge in [-0.2, -0.15) is 8.78 Å². The van der Waals surface area contributed by atoms with Crippen LogP contribution in [0.3, 0.4) is 0 Å². The van der Waals surface area contributed by atoms with Gasteiger partial charge in [0.15, 0.2) is 0 Å². The lowest BCUT2D eigenvalue weighted by molar-refractivity contribution is -0.120. The van der Waals surface area contributed by atoms with Crippen LogP contribution in [0.5, 0.6) is 0 Å². The number of pyridine rings is 2. The third-order valence-electron chi connectivity index (χ3n) is 5.87. The molecule has 2 atom stereocenters. The topological polar surface area (TPSA) is 101 Å². The molecule has 0 radical (unpaired) electrons. The van der Waals surface area contributed by atoms with E-state index in [-0.39, 0.29) is 25.2 Å². The molecule has 1 saturated heterocycles. The fourth-order valence-corrected chi connectivity index (χ4v) is 4.78. The molecule has 0 saturated carbocycles. The molecule has 3 heterocycles. The third kappa shape index (κ3) is 6.33. The number of benzene rings is 1. The van der Waals surface area contributed by atoms with E-state index in [0.717, 1.165) is 40.9 Å². The Bertz CT molecular complexity index is 1340. The summed E-state index contributed by atoms with van der Waals surface area (Å²) in [6, 6.07) is 13.6. The highest BCUT2D eigenvalue weighted by molar-refractivity contribution is 7.91. The second-order valence-electron chi connectivity index (χ2n) is 8.94. The molecule has 1 amide bonds. The third-order valence-corrected chi connectivity index (χ3v) is 7.19. The van der Waals surface area contributed by atoms with Gasteiger partial charge in [0.1, 0.15) is 5.82 Å². The Morgan fingerprint density at radius 3 is 2.61 bits per heavy atom. The van der Waals surface area contributed by atoms with E-state index in [1.165, 1.54) is 0 Å². The minimum absolute atomic E-state index is 0.101. The Kier molecular flexibility index (Phi) is 7.79. The smallest absolute Gasteiger partial charge is 0.336 e. The van der Waals surface area contributed by atoms with Crippen LogP contribution in [0.4, 0.5) is 14.6 Å². The van der Waals surface area contributed by atoms with Gasteiger partial charge in [0, 0.05) is 36.8 Å². The maximum Gasteiger partial charge on any atom is 0.336 e. The molecule has 8 nitrogen and oxygen atoms in total. The van der Waals surface area contributed by atoms with Gasteiger partial charge in [0.05, 0.1) is 35.8 Å². The molecule has 1 N–H and O–H groups in total. The molecule has 0 unspecified atom stereocenters. The normalized spacial score (nSPS) is 18.5. The van der Waals surface area contributed by atoms with Crippen molar-refractivity contribution in [1.29, 1.82) is 0 Å².